The second kappa shape index (κ2) is 10.6. The summed E-state index contributed by atoms with van der Waals surface area (Å²) in [6, 6.07) is 12.4. The predicted octanol–water partition coefficient (Wildman–Crippen LogP) is 2.94. The van der Waals surface area contributed by atoms with E-state index < -0.39 is 23.9 Å². The van der Waals surface area contributed by atoms with Gasteiger partial charge in [0.1, 0.15) is 22.6 Å². The van der Waals surface area contributed by atoms with Gasteiger partial charge in [-0.05, 0) is 24.3 Å². The standard InChI is InChI=1S/C21H20O8/c1-14(22)28-18-10-5-3-8-16(18)20(24)26-12-7-13-27-21(25)17-9-4-6-11-19(17)29-15(2)23/h3-6,8-11H,7,12-13H2,1-2H3. The normalized spacial score (nSPS) is 10.0. The molecule has 0 aliphatic heterocycles. The topological polar surface area (TPSA) is 105 Å². The van der Waals surface area contributed by atoms with Crippen LogP contribution in [0, 0.1) is 0 Å². The highest BCUT2D eigenvalue weighted by atomic mass is 16.6. The van der Waals surface area contributed by atoms with Gasteiger partial charge in [-0.1, -0.05) is 24.3 Å². The third-order valence-electron chi connectivity index (χ3n) is 3.48. The number of hydrogen-bond acceptors (Lipinski definition) is 8. The highest BCUT2D eigenvalue weighted by Crippen LogP contribution is 2.20. The van der Waals surface area contributed by atoms with Gasteiger partial charge in [-0.15, -0.1) is 0 Å². The Morgan fingerprint density at radius 1 is 0.655 bits per heavy atom. The summed E-state index contributed by atoms with van der Waals surface area (Å²) in [5.41, 5.74) is 0.241. The zero-order valence-corrected chi connectivity index (χ0v) is 16.0. The van der Waals surface area contributed by atoms with Crippen LogP contribution in [0.2, 0.25) is 0 Å². The number of carbonyl (C=O) groups is 4. The molecule has 2 aromatic carbocycles. The fourth-order valence-corrected chi connectivity index (χ4v) is 2.30. The summed E-state index contributed by atoms with van der Waals surface area (Å²) in [4.78, 5) is 46.5. The van der Waals surface area contributed by atoms with Gasteiger partial charge in [0, 0.05) is 20.3 Å². The van der Waals surface area contributed by atoms with Crippen LogP contribution in [-0.2, 0) is 19.1 Å². The molecule has 0 heterocycles. The van der Waals surface area contributed by atoms with Gasteiger partial charge in [0.05, 0.1) is 13.2 Å². The molecular weight excluding hydrogens is 380 g/mol. The Balaban J connectivity index is 1.82. The molecule has 0 aromatic heterocycles. The number of ether oxygens (including phenoxy) is 4. The average molecular weight is 400 g/mol. The lowest BCUT2D eigenvalue weighted by molar-refractivity contribution is -0.132. The van der Waals surface area contributed by atoms with Crippen LogP contribution in [0.25, 0.3) is 0 Å². The first-order valence-electron chi connectivity index (χ1n) is 8.77. The van der Waals surface area contributed by atoms with E-state index in [9.17, 15) is 19.2 Å². The molecule has 0 atom stereocenters. The minimum absolute atomic E-state index is 0.00783. The molecule has 2 aromatic rings. The number of benzene rings is 2. The van der Waals surface area contributed by atoms with Crippen LogP contribution < -0.4 is 9.47 Å². The lowest BCUT2D eigenvalue weighted by atomic mass is 10.2. The summed E-state index contributed by atoms with van der Waals surface area (Å²) in [6.07, 6.45) is 0.253. The van der Waals surface area contributed by atoms with Gasteiger partial charge in [-0.2, -0.15) is 0 Å². The van der Waals surface area contributed by atoms with Crippen molar-refractivity contribution < 1.29 is 38.1 Å². The molecule has 0 spiro atoms. The average Bonchev–Trinajstić information content (AvgIpc) is 2.67. The molecule has 0 saturated heterocycles. The van der Waals surface area contributed by atoms with E-state index in [1.807, 2.05) is 0 Å². The van der Waals surface area contributed by atoms with E-state index in [4.69, 9.17) is 18.9 Å². The highest BCUT2D eigenvalue weighted by molar-refractivity contribution is 5.94. The molecular formula is C21H20O8. The van der Waals surface area contributed by atoms with E-state index in [1.54, 1.807) is 24.3 Å². The fraction of sp³-hybridized carbons (Fsp3) is 0.238. The van der Waals surface area contributed by atoms with Gasteiger partial charge in [0.15, 0.2) is 0 Å². The first-order valence-corrected chi connectivity index (χ1v) is 8.77. The number of para-hydroxylation sites is 2. The van der Waals surface area contributed by atoms with Gasteiger partial charge in [-0.3, -0.25) is 9.59 Å². The number of esters is 4. The van der Waals surface area contributed by atoms with Crippen molar-refractivity contribution >= 4 is 23.9 Å². The third-order valence-corrected chi connectivity index (χ3v) is 3.48. The molecule has 0 radical (unpaired) electrons. The van der Waals surface area contributed by atoms with Crippen LogP contribution in [0.4, 0.5) is 0 Å². The molecule has 0 unspecified atom stereocenters. The Morgan fingerprint density at radius 2 is 1.03 bits per heavy atom. The van der Waals surface area contributed by atoms with E-state index in [2.05, 4.69) is 0 Å². The summed E-state index contributed by atoms with van der Waals surface area (Å²) >= 11 is 0. The van der Waals surface area contributed by atoms with Gasteiger partial charge in [0.25, 0.3) is 0 Å². The Labute approximate surface area is 167 Å². The minimum atomic E-state index is -0.659. The van der Waals surface area contributed by atoms with Crippen LogP contribution in [0.3, 0.4) is 0 Å². The number of hydrogen-bond donors (Lipinski definition) is 0. The van der Waals surface area contributed by atoms with Crippen LogP contribution >= 0.6 is 0 Å². The van der Waals surface area contributed by atoms with E-state index in [-0.39, 0.29) is 42.3 Å². The third kappa shape index (κ3) is 6.76. The van der Waals surface area contributed by atoms with Crippen LogP contribution in [0.1, 0.15) is 41.0 Å². The second-order valence-electron chi connectivity index (χ2n) is 5.80. The maximum absolute atomic E-state index is 12.1. The second-order valence-corrected chi connectivity index (χ2v) is 5.80. The molecule has 0 bridgehead atoms. The summed E-state index contributed by atoms with van der Waals surface area (Å²) in [7, 11) is 0. The van der Waals surface area contributed by atoms with Crippen molar-refractivity contribution in [1.82, 2.24) is 0 Å². The van der Waals surface area contributed by atoms with Crippen LogP contribution in [-0.4, -0.2) is 37.1 Å². The SMILES string of the molecule is CC(=O)Oc1ccccc1C(=O)OCCCOC(=O)c1ccccc1OC(C)=O. The van der Waals surface area contributed by atoms with Crippen molar-refractivity contribution in [2.75, 3.05) is 13.2 Å². The van der Waals surface area contributed by atoms with E-state index >= 15 is 0 Å². The van der Waals surface area contributed by atoms with E-state index in [1.165, 1.54) is 38.1 Å². The highest BCUT2D eigenvalue weighted by Gasteiger charge is 2.16. The molecule has 0 aliphatic carbocycles. The zero-order valence-electron chi connectivity index (χ0n) is 16.0. The number of carbonyl (C=O) groups excluding carboxylic acids is 4. The molecule has 0 saturated carbocycles. The first kappa shape index (κ1) is 21.6. The molecule has 0 N–H and O–H groups in total. The molecule has 152 valence electrons. The van der Waals surface area contributed by atoms with Crippen molar-refractivity contribution in [3.8, 4) is 11.5 Å². The van der Waals surface area contributed by atoms with Gasteiger partial charge in [0.2, 0.25) is 0 Å². The Bertz CT molecular complexity index is 830. The Hall–Kier alpha value is -3.68. The van der Waals surface area contributed by atoms with Gasteiger partial charge < -0.3 is 18.9 Å². The van der Waals surface area contributed by atoms with E-state index in [0.29, 0.717) is 0 Å². The number of rotatable bonds is 8. The van der Waals surface area contributed by atoms with Crippen molar-refractivity contribution in [2.24, 2.45) is 0 Å². The maximum atomic E-state index is 12.1. The lowest BCUT2D eigenvalue weighted by Gasteiger charge is -2.10. The largest absolute Gasteiger partial charge is 0.462 e. The molecule has 0 aliphatic rings. The smallest absolute Gasteiger partial charge is 0.341 e. The van der Waals surface area contributed by atoms with Gasteiger partial charge >= 0.3 is 23.9 Å². The quantitative estimate of drug-likeness (QED) is 0.378. The van der Waals surface area contributed by atoms with Crippen LogP contribution in [0.5, 0.6) is 11.5 Å². The lowest BCUT2D eigenvalue weighted by Crippen LogP contribution is -2.14. The maximum Gasteiger partial charge on any atom is 0.341 e. The monoisotopic (exact) mass is 400 g/mol. The Morgan fingerprint density at radius 3 is 1.41 bits per heavy atom. The molecule has 29 heavy (non-hydrogen) atoms. The predicted molar refractivity (Wildman–Crippen MR) is 101 cm³/mol. The molecule has 8 nitrogen and oxygen atoms in total. The summed E-state index contributed by atoms with van der Waals surface area (Å²) in [5, 5.41) is 0. The summed E-state index contributed by atoms with van der Waals surface area (Å²) in [6.45, 7) is 2.45. The zero-order chi connectivity index (χ0) is 21.2. The minimum Gasteiger partial charge on any atom is -0.462 e. The molecule has 0 fully saturated rings. The van der Waals surface area contributed by atoms with Crippen LogP contribution in [0.15, 0.2) is 48.5 Å². The summed E-state index contributed by atoms with van der Waals surface area (Å²) < 4.78 is 20.2. The van der Waals surface area contributed by atoms with Gasteiger partial charge in [-0.25, -0.2) is 9.59 Å². The van der Waals surface area contributed by atoms with E-state index in [0.717, 1.165) is 0 Å². The fourth-order valence-electron chi connectivity index (χ4n) is 2.30. The van der Waals surface area contributed by atoms with Crippen molar-refractivity contribution in [3.05, 3.63) is 59.7 Å². The van der Waals surface area contributed by atoms with Crippen molar-refractivity contribution in [1.29, 1.82) is 0 Å². The first-order chi connectivity index (χ1) is 13.9. The molecule has 0 amide bonds. The molecule has 2 rings (SSSR count). The summed E-state index contributed by atoms with van der Waals surface area (Å²) in [5.74, 6) is -2.20. The Kier molecular flexibility index (Phi) is 7.90. The van der Waals surface area contributed by atoms with Crippen molar-refractivity contribution in [3.63, 3.8) is 0 Å². The van der Waals surface area contributed by atoms with Crippen molar-refractivity contribution in [2.45, 2.75) is 20.3 Å². The molecule has 8 heteroatoms.